The van der Waals surface area contributed by atoms with Gasteiger partial charge >= 0.3 is 11.9 Å². The highest BCUT2D eigenvalue weighted by molar-refractivity contribution is 7.99. The third kappa shape index (κ3) is 7.12. The van der Waals surface area contributed by atoms with Gasteiger partial charge in [-0.3, -0.25) is 9.59 Å². The number of rotatable bonds is 12. The second-order valence-electron chi connectivity index (χ2n) is 8.40. The molecule has 35 heavy (non-hydrogen) atoms. The predicted octanol–water partition coefficient (Wildman–Crippen LogP) is 5.50. The van der Waals surface area contributed by atoms with Crippen LogP contribution in [0.25, 0.3) is 0 Å². The number of esters is 2. The molecule has 0 saturated carbocycles. The summed E-state index contributed by atoms with van der Waals surface area (Å²) in [6.45, 7) is 0. The van der Waals surface area contributed by atoms with E-state index in [9.17, 15) is 9.59 Å². The van der Waals surface area contributed by atoms with E-state index in [1.165, 1.54) is 14.2 Å². The van der Waals surface area contributed by atoms with Crippen molar-refractivity contribution < 1.29 is 23.8 Å². The predicted molar refractivity (Wildman–Crippen MR) is 139 cm³/mol. The SMILES string of the molecule is COC(=O)C(Cc1ccccc1)(C[C@@H](Cc1ccccc1)SCc1ccc(OC)cc1)C(=O)OC. The average Bonchev–Trinajstić information content (AvgIpc) is 2.91. The monoisotopic (exact) mass is 492 g/mol. The molecule has 0 aliphatic rings. The van der Waals surface area contributed by atoms with E-state index >= 15 is 0 Å². The van der Waals surface area contributed by atoms with Gasteiger partial charge in [-0.25, -0.2) is 0 Å². The normalized spacial score (nSPS) is 12.0. The maximum absolute atomic E-state index is 13.2. The minimum Gasteiger partial charge on any atom is -0.497 e. The number of methoxy groups -OCH3 is 3. The maximum atomic E-state index is 13.2. The highest BCUT2D eigenvalue weighted by Gasteiger charge is 2.49. The zero-order valence-electron chi connectivity index (χ0n) is 20.4. The fourth-order valence-electron chi connectivity index (χ4n) is 4.19. The van der Waals surface area contributed by atoms with Gasteiger partial charge in [0.15, 0.2) is 5.41 Å². The number of thioether (sulfide) groups is 1. The molecule has 0 unspecified atom stereocenters. The van der Waals surface area contributed by atoms with Gasteiger partial charge in [0.25, 0.3) is 0 Å². The summed E-state index contributed by atoms with van der Waals surface area (Å²) in [7, 11) is 4.29. The van der Waals surface area contributed by atoms with Gasteiger partial charge in [0.2, 0.25) is 0 Å². The summed E-state index contributed by atoms with van der Waals surface area (Å²) in [6, 6.07) is 27.6. The molecule has 1 atom stereocenters. The van der Waals surface area contributed by atoms with Gasteiger partial charge in [-0.05, 0) is 48.1 Å². The molecule has 5 nitrogen and oxygen atoms in total. The molecule has 0 N–H and O–H groups in total. The first kappa shape index (κ1) is 26.4. The Morgan fingerprint density at radius 3 is 1.80 bits per heavy atom. The zero-order chi connectivity index (χ0) is 25.1. The van der Waals surface area contributed by atoms with Gasteiger partial charge in [-0.2, -0.15) is 11.8 Å². The number of carbonyl (C=O) groups is 2. The van der Waals surface area contributed by atoms with Crippen molar-refractivity contribution in [2.24, 2.45) is 5.41 Å². The van der Waals surface area contributed by atoms with Crippen molar-refractivity contribution in [3.8, 4) is 5.75 Å². The third-order valence-corrected chi connectivity index (χ3v) is 7.33. The molecular weight excluding hydrogens is 460 g/mol. The first-order valence-corrected chi connectivity index (χ1v) is 12.5. The fraction of sp³-hybridized carbons (Fsp3) is 0.310. The molecule has 6 heteroatoms. The molecular formula is C29H32O5S. The van der Waals surface area contributed by atoms with Gasteiger partial charge in [0, 0.05) is 11.0 Å². The quantitative estimate of drug-likeness (QED) is 0.246. The molecule has 0 spiro atoms. The summed E-state index contributed by atoms with van der Waals surface area (Å²) in [6.07, 6.45) is 1.20. The summed E-state index contributed by atoms with van der Waals surface area (Å²) < 4.78 is 15.6. The highest BCUT2D eigenvalue weighted by atomic mass is 32.2. The Bertz CT molecular complexity index is 1050. The molecule has 0 aliphatic heterocycles. The van der Waals surface area contributed by atoms with E-state index in [0.29, 0.717) is 6.42 Å². The second kappa shape index (κ2) is 13.0. The average molecular weight is 493 g/mol. The van der Waals surface area contributed by atoms with E-state index in [1.807, 2.05) is 72.8 Å². The molecule has 3 aromatic carbocycles. The smallest absolute Gasteiger partial charge is 0.323 e. The van der Waals surface area contributed by atoms with Crippen LogP contribution in [0, 0.1) is 5.41 Å². The van der Waals surface area contributed by atoms with E-state index in [0.717, 1.165) is 28.2 Å². The molecule has 0 aromatic heterocycles. The molecule has 0 radical (unpaired) electrons. The molecule has 3 rings (SSSR count). The molecule has 0 amide bonds. The molecule has 0 saturated heterocycles. The molecule has 0 aliphatic carbocycles. The Hall–Kier alpha value is -3.25. The van der Waals surface area contributed by atoms with Crippen molar-refractivity contribution in [3.05, 3.63) is 102 Å². The number of hydrogen-bond acceptors (Lipinski definition) is 6. The zero-order valence-corrected chi connectivity index (χ0v) is 21.3. The first-order chi connectivity index (χ1) is 17.0. The van der Waals surface area contributed by atoms with E-state index in [2.05, 4.69) is 12.1 Å². The van der Waals surface area contributed by atoms with Crippen LogP contribution in [-0.2, 0) is 37.7 Å². The lowest BCUT2D eigenvalue weighted by molar-refractivity contribution is -0.169. The standard InChI is InChI=1S/C29H32O5S/c1-32-25-16-14-24(15-17-25)21-35-26(18-22-10-6-4-7-11-22)20-29(27(30)33-2,28(31)34-3)19-23-12-8-5-9-13-23/h4-17,26H,18-21H2,1-3H3/t26-/m1/s1. The third-order valence-electron chi connectivity index (χ3n) is 6.03. The maximum Gasteiger partial charge on any atom is 0.323 e. The largest absolute Gasteiger partial charge is 0.497 e. The van der Waals surface area contributed by atoms with E-state index in [-0.39, 0.29) is 18.1 Å². The fourth-order valence-corrected chi connectivity index (χ4v) is 5.53. The van der Waals surface area contributed by atoms with Crippen LogP contribution in [0.1, 0.15) is 23.1 Å². The van der Waals surface area contributed by atoms with Crippen molar-refractivity contribution in [3.63, 3.8) is 0 Å². The van der Waals surface area contributed by atoms with Crippen LogP contribution in [-0.4, -0.2) is 38.5 Å². The number of ether oxygens (including phenoxy) is 3. The van der Waals surface area contributed by atoms with E-state index in [1.54, 1.807) is 18.9 Å². The molecule has 0 bridgehead atoms. The van der Waals surface area contributed by atoms with Crippen molar-refractivity contribution in [2.75, 3.05) is 21.3 Å². The van der Waals surface area contributed by atoms with Gasteiger partial charge in [-0.15, -0.1) is 0 Å². The Labute approximate surface area is 211 Å². The number of hydrogen-bond donors (Lipinski definition) is 0. The lowest BCUT2D eigenvalue weighted by Gasteiger charge is -2.32. The van der Waals surface area contributed by atoms with Crippen molar-refractivity contribution >= 4 is 23.7 Å². The Kier molecular flexibility index (Phi) is 9.79. The highest BCUT2D eigenvalue weighted by Crippen LogP contribution is 2.38. The van der Waals surface area contributed by atoms with E-state index < -0.39 is 17.4 Å². The molecule has 0 fully saturated rings. The van der Waals surface area contributed by atoms with Crippen molar-refractivity contribution in [1.29, 1.82) is 0 Å². The minimum absolute atomic E-state index is 0.0404. The van der Waals surface area contributed by atoms with Gasteiger partial charge in [0.05, 0.1) is 21.3 Å². The topological polar surface area (TPSA) is 61.8 Å². The van der Waals surface area contributed by atoms with Crippen molar-refractivity contribution in [1.82, 2.24) is 0 Å². The van der Waals surface area contributed by atoms with Crippen LogP contribution in [0.15, 0.2) is 84.9 Å². The van der Waals surface area contributed by atoms with Gasteiger partial charge < -0.3 is 14.2 Å². The lowest BCUT2D eigenvalue weighted by atomic mass is 9.76. The summed E-state index contributed by atoms with van der Waals surface area (Å²) in [4.78, 5) is 26.5. The Balaban J connectivity index is 1.93. The van der Waals surface area contributed by atoms with Crippen molar-refractivity contribution in [2.45, 2.75) is 30.3 Å². The summed E-state index contributed by atoms with van der Waals surface area (Å²) in [5.74, 6) is 0.385. The lowest BCUT2D eigenvalue weighted by Crippen LogP contribution is -2.45. The van der Waals surface area contributed by atoms with Crippen LogP contribution < -0.4 is 4.74 Å². The second-order valence-corrected chi connectivity index (χ2v) is 9.69. The summed E-state index contributed by atoms with van der Waals surface area (Å²) in [5, 5.41) is -0.0404. The number of benzene rings is 3. The van der Waals surface area contributed by atoms with E-state index in [4.69, 9.17) is 14.2 Å². The first-order valence-electron chi connectivity index (χ1n) is 11.5. The van der Waals surface area contributed by atoms with Crippen LogP contribution in [0.4, 0.5) is 0 Å². The molecule has 0 heterocycles. The van der Waals surface area contributed by atoms with Gasteiger partial charge in [-0.1, -0.05) is 72.8 Å². The van der Waals surface area contributed by atoms with Crippen LogP contribution >= 0.6 is 11.8 Å². The minimum atomic E-state index is -1.45. The summed E-state index contributed by atoms with van der Waals surface area (Å²) >= 11 is 1.72. The summed E-state index contributed by atoms with van der Waals surface area (Å²) in [5.41, 5.74) is 1.71. The Morgan fingerprint density at radius 1 is 0.743 bits per heavy atom. The van der Waals surface area contributed by atoms with Gasteiger partial charge in [0.1, 0.15) is 5.75 Å². The van der Waals surface area contributed by atoms with Crippen LogP contribution in [0.2, 0.25) is 0 Å². The molecule has 3 aromatic rings. The van der Waals surface area contributed by atoms with Crippen LogP contribution in [0.5, 0.6) is 5.75 Å². The number of carbonyl (C=O) groups excluding carboxylic acids is 2. The molecule has 184 valence electrons. The Morgan fingerprint density at radius 2 is 1.29 bits per heavy atom. The van der Waals surface area contributed by atoms with Crippen LogP contribution in [0.3, 0.4) is 0 Å².